The lowest BCUT2D eigenvalue weighted by molar-refractivity contribution is 0.246. The fraction of sp³-hybridized carbons (Fsp3) is 0.400. The van der Waals surface area contributed by atoms with Gasteiger partial charge in [-0.1, -0.05) is 59.7 Å². The Kier molecular flexibility index (Phi) is 4.89. The van der Waals surface area contributed by atoms with Crippen LogP contribution in [0.4, 0.5) is 0 Å². The highest BCUT2D eigenvalue weighted by molar-refractivity contribution is 5.28. The van der Waals surface area contributed by atoms with Gasteiger partial charge in [-0.05, 0) is 37.9 Å². The van der Waals surface area contributed by atoms with Gasteiger partial charge in [-0.3, -0.25) is 19.1 Å². The monoisotopic (exact) mass is 416 g/mol. The van der Waals surface area contributed by atoms with E-state index < -0.39 is 11.1 Å². The molecule has 6 heteroatoms. The molecule has 31 heavy (non-hydrogen) atoms. The van der Waals surface area contributed by atoms with Crippen LogP contribution in [0.25, 0.3) is 0 Å². The van der Waals surface area contributed by atoms with E-state index in [9.17, 15) is 9.59 Å². The SMILES string of the molecule is Cc1cc(C)cc(CN2CC[C@@]3(Cc4nn(Cc5ccccc5)c(=O)c(=O)n4C3)C2)c1. The van der Waals surface area contributed by atoms with Crippen molar-refractivity contribution >= 4 is 0 Å². The molecule has 1 saturated heterocycles. The number of hydrogen-bond donors (Lipinski definition) is 0. The summed E-state index contributed by atoms with van der Waals surface area (Å²) < 4.78 is 2.97. The van der Waals surface area contributed by atoms with Gasteiger partial charge in [0.25, 0.3) is 0 Å². The second kappa shape index (κ2) is 7.61. The van der Waals surface area contributed by atoms with E-state index in [0.717, 1.165) is 43.9 Å². The van der Waals surface area contributed by atoms with Crippen LogP contribution >= 0.6 is 0 Å². The predicted molar refractivity (Wildman–Crippen MR) is 120 cm³/mol. The molecule has 1 fully saturated rings. The van der Waals surface area contributed by atoms with E-state index in [1.54, 1.807) is 4.57 Å². The number of likely N-dealkylation sites (tertiary alicyclic amines) is 1. The summed E-state index contributed by atoms with van der Waals surface area (Å²) in [5.41, 5.74) is 3.91. The average molecular weight is 417 g/mol. The fourth-order valence-electron chi connectivity index (χ4n) is 5.32. The first kappa shape index (κ1) is 19.9. The molecule has 1 atom stereocenters. The molecule has 0 amide bonds. The van der Waals surface area contributed by atoms with Crippen LogP contribution in [0.2, 0.25) is 0 Å². The van der Waals surface area contributed by atoms with Crippen molar-refractivity contribution in [1.29, 1.82) is 0 Å². The van der Waals surface area contributed by atoms with Crippen LogP contribution in [0.1, 0.15) is 34.5 Å². The maximum Gasteiger partial charge on any atom is 0.332 e. The van der Waals surface area contributed by atoms with Crippen LogP contribution in [0, 0.1) is 19.3 Å². The number of nitrogens with zero attached hydrogens (tertiary/aromatic N) is 4. The molecule has 2 aliphatic heterocycles. The Hall–Kier alpha value is -2.99. The highest BCUT2D eigenvalue weighted by Crippen LogP contribution is 2.39. The van der Waals surface area contributed by atoms with Crippen LogP contribution in [-0.2, 0) is 26.1 Å². The quantitative estimate of drug-likeness (QED) is 0.614. The lowest BCUT2D eigenvalue weighted by Crippen LogP contribution is -2.43. The van der Waals surface area contributed by atoms with Gasteiger partial charge >= 0.3 is 11.1 Å². The van der Waals surface area contributed by atoms with Crippen LogP contribution < -0.4 is 11.1 Å². The van der Waals surface area contributed by atoms with Gasteiger partial charge in [0.15, 0.2) is 0 Å². The van der Waals surface area contributed by atoms with E-state index in [1.165, 1.54) is 21.4 Å². The molecule has 1 aromatic heterocycles. The normalized spacial score (nSPS) is 20.5. The molecule has 0 bridgehead atoms. The molecule has 0 aliphatic carbocycles. The molecule has 160 valence electrons. The third kappa shape index (κ3) is 3.88. The van der Waals surface area contributed by atoms with E-state index >= 15 is 0 Å². The van der Waals surface area contributed by atoms with E-state index in [2.05, 4.69) is 42.0 Å². The molecule has 0 radical (unpaired) electrons. The van der Waals surface area contributed by atoms with Gasteiger partial charge < -0.3 is 0 Å². The Bertz CT molecular complexity index is 1220. The third-order valence-corrected chi connectivity index (χ3v) is 6.62. The van der Waals surface area contributed by atoms with Crippen molar-refractivity contribution in [1.82, 2.24) is 19.2 Å². The van der Waals surface area contributed by atoms with Gasteiger partial charge in [-0.15, -0.1) is 0 Å². The van der Waals surface area contributed by atoms with Crippen molar-refractivity contribution in [2.24, 2.45) is 5.41 Å². The van der Waals surface area contributed by atoms with Crippen molar-refractivity contribution in [2.45, 2.75) is 46.3 Å². The average Bonchev–Trinajstić information content (AvgIpc) is 3.28. The van der Waals surface area contributed by atoms with Gasteiger partial charge in [-0.2, -0.15) is 5.10 Å². The molecular formula is C25H28N4O2. The van der Waals surface area contributed by atoms with Crippen LogP contribution in [0.15, 0.2) is 58.1 Å². The van der Waals surface area contributed by atoms with Crippen LogP contribution in [0.3, 0.4) is 0 Å². The summed E-state index contributed by atoms with van der Waals surface area (Å²) in [4.78, 5) is 28.0. The standard InChI is InChI=1S/C25H28N4O2/c1-18-10-19(2)12-21(11-18)14-27-9-8-25(16-27)13-22-26-29(15-20-6-4-3-5-7-20)24(31)23(30)28(22)17-25/h3-7,10-12H,8-9,13-17H2,1-2H3/t25-/m1/s1. The maximum atomic E-state index is 12.8. The summed E-state index contributed by atoms with van der Waals surface area (Å²) >= 11 is 0. The molecule has 3 aromatic rings. The van der Waals surface area contributed by atoms with Crippen molar-refractivity contribution in [3.8, 4) is 0 Å². The first-order valence-electron chi connectivity index (χ1n) is 11.0. The van der Waals surface area contributed by atoms with Gasteiger partial charge in [-0.25, -0.2) is 4.68 Å². The first-order valence-corrected chi connectivity index (χ1v) is 11.0. The molecule has 0 unspecified atom stereocenters. The van der Waals surface area contributed by atoms with Crippen molar-refractivity contribution in [2.75, 3.05) is 13.1 Å². The highest BCUT2D eigenvalue weighted by Gasteiger charge is 2.44. The Balaban J connectivity index is 1.36. The van der Waals surface area contributed by atoms with Crippen LogP contribution in [0.5, 0.6) is 0 Å². The molecule has 3 heterocycles. The molecular weight excluding hydrogens is 388 g/mol. The molecule has 6 nitrogen and oxygen atoms in total. The molecule has 1 spiro atoms. The minimum absolute atomic E-state index is 0.00357. The van der Waals surface area contributed by atoms with E-state index in [0.29, 0.717) is 13.1 Å². The molecule has 0 saturated carbocycles. The fourth-order valence-corrected chi connectivity index (χ4v) is 5.32. The number of benzene rings is 2. The van der Waals surface area contributed by atoms with Crippen LogP contribution in [-0.4, -0.2) is 32.3 Å². The largest absolute Gasteiger partial charge is 0.332 e. The summed E-state index contributed by atoms with van der Waals surface area (Å²) in [6.07, 6.45) is 1.77. The number of aryl methyl sites for hydroxylation is 2. The lowest BCUT2D eigenvalue weighted by atomic mass is 9.86. The minimum atomic E-state index is -0.533. The van der Waals surface area contributed by atoms with E-state index in [-0.39, 0.29) is 5.41 Å². The number of fused-ring (bicyclic) bond motifs is 1. The summed E-state index contributed by atoms with van der Waals surface area (Å²) in [5.74, 6) is 0.744. The molecule has 5 rings (SSSR count). The second-order valence-electron chi connectivity index (χ2n) is 9.39. The first-order chi connectivity index (χ1) is 14.9. The summed E-state index contributed by atoms with van der Waals surface area (Å²) in [5, 5.41) is 4.61. The zero-order chi connectivity index (χ0) is 21.6. The predicted octanol–water partition coefficient (Wildman–Crippen LogP) is 2.52. The van der Waals surface area contributed by atoms with Crippen molar-refractivity contribution in [3.63, 3.8) is 0 Å². The summed E-state index contributed by atoms with van der Waals surface area (Å²) in [7, 11) is 0. The third-order valence-electron chi connectivity index (χ3n) is 6.62. The Morgan fingerprint density at radius 1 is 0.903 bits per heavy atom. The molecule has 2 aliphatic rings. The lowest BCUT2D eigenvalue weighted by Gasteiger charge is -2.23. The zero-order valence-electron chi connectivity index (χ0n) is 18.2. The number of rotatable bonds is 4. The summed E-state index contributed by atoms with van der Waals surface area (Å²) in [6.45, 7) is 8.05. The van der Waals surface area contributed by atoms with Gasteiger partial charge in [0.2, 0.25) is 0 Å². The zero-order valence-corrected chi connectivity index (χ0v) is 18.2. The Labute approximate surface area is 181 Å². The highest BCUT2D eigenvalue weighted by atomic mass is 16.2. The molecule has 0 N–H and O–H groups in total. The second-order valence-corrected chi connectivity index (χ2v) is 9.39. The van der Waals surface area contributed by atoms with Gasteiger partial charge in [0, 0.05) is 31.5 Å². The number of hydrogen-bond acceptors (Lipinski definition) is 4. The summed E-state index contributed by atoms with van der Waals surface area (Å²) in [6, 6.07) is 16.4. The van der Waals surface area contributed by atoms with Gasteiger partial charge in [0.1, 0.15) is 5.82 Å². The van der Waals surface area contributed by atoms with Gasteiger partial charge in [0.05, 0.1) is 6.54 Å². The number of aromatic nitrogens is 3. The topological polar surface area (TPSA) is 60.1 Å². The molecule has 2 aromatic carbocycles. The van der Waals surface area contributed by atoms with Crippen molar-refractivity contribution < 1.29 is 0 Å². The van der Waals surface area contributed by atoms with Crippen molar-refractivity contribution in [3.05, 3.63) is 97.3 Å². The maximum absolute atomic E-state index is 12.8. The smallest absolute Gasteiger partial charge is 0.298 e. The Morgan fingerprint density at radius 2 is 1.65 bits per heavy atom. The van der Waals surface area contributed by atoms with E-state index in [4.69, 9.17) is 0 Å². The Morgan fingerprint density at radius 3 is 2.39 bits per heavy atom. The van der Waals surface area contributed by atoms with E-state index in [1.807, 2.05) is 30.3 Å². The minimum Gasteiger partial charge on any atom is -0.298 e.